The monoisotopic (exact) mass is 276 g/mol. The number of carbonyl (C=O) groups is 1. The van der Waals surface area contributed by atoms with Crippen LogP contribution in [0.1, 0.15) is 15.9 Å². The van der Waals surface area contributed by atoms with Gasteiger partial charge < -0.3 is 11.1 Å². The topological polar surface area (TPSA) is 55.1 Å². The van der Waals surface area contributed by atoms with Crippen LogP contribution in [-0.4, -0.2) is 10.9 Å². The Morgan fingerprint density at radius 3 is 2.56 bits per heavy atom. The Hall–Kier alpha value is -1.72. The lowest BCUT2D eigenvalue weighted by Gasteiger charge is -2.05. The third-order valence-electron chi connectivity index (χ3n) is 2.37. The van der Waals surface area contributed by atoms with Crippen LogP contribution in [0.3, 0.4) is 0 Å². The number of hydrogen-bond donors (Lipinski definition) is 2. The van der Waals surface area contributed by atoms with Crippen molar-refractivity contribution in [2.24, 2.45) is 5.73 Å². The molecule has 1 amide bonds. The van der Waals surface area contributed by atoms with Gasteiger partial charge in [-0.1, -0.05) is 24.4 Å². The maximum Gasteiger partial charge on any atom is 0.256 e. The zero-order chi connectivity index (χ0) is 13.0. The summed E-state index contributed by atoms with van der Waals surface area (Å²) in [6, 6.07) is 9.29. The lowest BCUT2D eigenvalue weighted by Crippen LogP contribution is -2.12. The molecule has 0 radical (unpaired) electrons. The van der Waals surface area contributed by atoms with Crippen molar-refractivity contribution in [1.29, 1.82) is 0 Å². The molecule has 3 N–H and O–H groups in total. The average molecular weight is 276 g/mol. The van der Waals surface area contributed by atoms with Crippen LogP contribution in [0.15, 0.2) is 41.1 Å². The number of anilines is 1. The van der Waals surface area contributed by atoms with Gasteiger partial charge in [-0.3, -0.25) is 4.79 Å². The first kappa shape index (κ1) is 12.7. The van der Waals surface area contributed by atoms with Crippen LogP contribution in [0.4, 0.5) is 5.69 Å². The molecule has 0 spiro atoms. The molecular formula is C13H12N2OS2. The highest BCUT2D eigenvalue weighted by Crippen LogP contribution is 2.13. The summed E-state index contributed by atoms with van der Waals surface area (Å²) < 4.78 is 0. The smallest absolute Gasteiger partial charge is 0.256 e. The number of nitrogens with two attached hydrogens (primary N) is 1. The normalized spacial score (nSPS) is 10.0. The van der Waals surface area contributed by atoms with E-state index in [4.69, 9.17) is 18.0 Å². The number of carbonyl (C=O) groups excluding carboxylic acids is 1. The van der Waals surface area contributed by atoms with Gasteiger partial charge in [0.2, 0.25) is 0 Å². The van der Waals surface area contributed by atoms with E-state index in [0.29, 0.717) is 17.0 Å². The Morgan fingerprint density at radius 1 is 1.28 bits per heavy atom. The third-order valence-corrected chi connectivity index (χ3v) is 3.20. The maximum atomic E-state index is 11.8. The summed E-state index contributed by atoms with van der Waals surface area (Å²) in [7, 11) is 0. The molecule has 18 heavy (non-hydrogen) atoms. The second-order valence-electron chi connectivity index (χ2n) is 3.81. The summed E-state index contributed by atoms with van der Waals surface area (Å²) in [6.45, 7) is 0. The van der Waals surface area contributed by atoms with Crippen molar-refractivity contribution in [3.63, 3.8) is 0 Å². The van der Waals surface area contributed by atoms with E-state index in [-0.39, 0.29) is 5.91 Å². The fourth-order valence-corrected chi connectivity index (χ4v) is 2.31. The van der Waals surface area contributed by atoms with Crippen molar-refractivity contribution in [1.82, 2.24) is 0 Å². The minimum absolute atomic E-state index is 0.0988. The standard InChI is InChI=1S/C13H12N2OS2/c14-12(17)7-9-1-3-11(4-2-9)15-13(16)10-5-6-18-8-10/h1-6,8H,7H2,(H2,14,17)(H,15,16). The fraction of sp³-hybridized carbons (Fsp3) is 0.0769. The molecule has 2 aromatic rings. The predicted molar refractivity (Wildman–Crippen MR) is 79.2 cm³/mol. The quantitative estimate of drug-likeness (QED) is 0.844. The summed E-state index contributed by atoms with van der Waals surface area (Å²) in [5, 5.41) is 6.52. The highest BCUT2D eigenvalue weighted by molar-refractivity contribution is 7.80. The van der Waals surface area contributed by atoms with Gasteiger partial charge in [0.15, 0.2) is 0 Å². The van der Waals surface area contributed by atoms with Gasteiger partial charge in [0.1, 0.15) is 0 Å². The number of benzene rings is 1. The zero-order valence-corrected chi connectivity index (χ0v) is 11.2. The molecule has 1 aromatic heterocycles. The van der Waals surface area contributed by atoms with Crippen LogP contribution >= 0.6 is 23.6 Å². The van der Waals surface area contributed by atoms with E-state index < -0.39 is 0 Å². The molecule has 0 bridgehead atoms. The molecule has 92 valence electrons. The molecule has 3 nitrogen and oxygen atoms in total. The van der Waals surface area contributed by atoms with Gasteiger partial charge in [-0.2, -0.15) is 11.3 Å². The molecule has 0 aliphatic rings. The molecule has 5 heteroatoms. The van der Waals surface area contributed by atoms with Crippen molar-refractivity contribution in [3.8, 4) is 0 Å². The van der Waals surface area contributed by atoms with Crippen molar-refractivity contribution < 1.29 is 4.79 Å². The second-order valence-corrected chi connectivity index (χ2v) is 5.11. The van der Waals surface area contributed by atoms with Gasteiger partial charge in [0.05, 0.1) is 10.6 Å². The van der Waals surface area contributed by atoms with E-state index in [1.165, 1.54) is 11.3 Å². The van der Waals surface area contributed by atoms with Gasteiger partial charge in [0.25, 0.3) is 5.91 Å². The molecule has 0 atom stereocenters. The lowest BCUT2D eigenvalue weighted by molar-refractivity contribution is 0.102. The van der Waals surface area contributed by atoms with Crippen LogP contribution in [-0.2, 0) is 6.42 Å². The number of nitrogens with one attached hydrogen (secondary N) is 1. The van der Waals surface area contributed by atoms with E-state index in [1.54, 1.807) is 6.07 Å². The van der Waals surface area contributed by atoms with E-state index in [0.717, 1.165) is 11.3 Å². The summed E-state index contributed by atoms with van der Waals surface area (Å²) in [5.41, 5.74) is 7.94. The minimum Gasteiger partial charge on any atom is -0.393 e. The summed E-state index contributed by atoms with van der Waals surface area (Å²) in [6.07, 6.45) is 0.577. The van der Waals surface area contributed by atoms with Gasteiger partial charge in [-0.25, -0.2) is 0 Å². The molecule has 1 heterocycles. The molecule has 2 rings (SSSR count). The summed E-state index contributed by atoms with van der Waals surface area (Å²) in [5.74, 6) is -0.0988. The molecule has 0 fully saturated rings. The number of amides is 1. The molecule has 0 saturated heterocycles. The van der Waals surface area contributed by atoms with Crippen LogP contribution in [0, 0.1) is 0 Å². The zero-order valence-electron chi connectivity index (χ0n) is 9.55. The minimum atomic E-state index is -0.0988. The van der Waals surface area contributed by atoms with Crippen molar-refractivity contribution >= 4 is 40.1 Å². The van der Waals surface area contributed by atoms with E-state index in [9.17, 15) is 4.79 Å². The Balaban J connectivity index is 2.02. The molecule has 1 aromatic carbocycles. The maximum absolute atomic E-state index is 11.8. The first-order chi connectivity index (χ1) is 8.65. The highest BCUT2D eigenvalue weighted by atomic mass is 32.1. The molecular weight excluding hydrogens is 264 g/mol. The average Bonchev–Trinajstić information content (AvgIpc) is 2.84. The number of rotatable bonds is 4. The van der Waals surface area contributed by atoms with E-state index in [1.807, 2.05) is 35.0 Å². The van der Waals surface area contributed by atoms with Gasteiger partial charge in [-0.15, -0.1) is 0 Å². The molecule has 0 aliphatic carbocycles. The highest BCUT2D eigenvalue weighted by Gasteiger charge is 2.05. The van der Waals surface area contributed by atoms with Crippen LogP contribution < -0.4 is 11.1 Å². The van der Waals surface area contributed by atoms with Gasteiger partial charge in [-0.05, 0) is 29.1 Å². The van der Waals surface area contributed by atoms with E-state index >= 15 is 0 Å². The van der Waals surface area contributed by atoms with Crippen molar-refractivity contribution in [3.05, 3.63) is 52.2 Å². The molecule has 0 saturated carbocycles. The molecule has 0 aliphatic heterocycles. The third kappa shape index (κ3) is 3.38. The fourth-order valence-electron chi connectivity index (χ4n) is 1.50. The first-order valence-electron chi connectivity index (χ1n) is 5.36. The van der Waals surface area contributed by atoms with Gasteiger partial charge in [0, 0.05) is 17.5 Å². The molecule has 0 unspecified atom stereocenters. The second kappa shape index (κ2) is 5.75. The van der Waals surface area contributed by atoms with Crippen LogP contribution in [0.5, 0.6) is 0 Å². The van der Waals surface area contributed by atoms with Crippen LogP contribution in [0.2, 0.25) is 0 Å². The number of thiocarbonyl (C=S) groups is 1. The Kier molecular flexibility index (Phi) is 4.07. The Labute approximate surface area is 115 Å². The first-order valence-corrected chi connectivity index (χ1v) is 6.71. The van der Waals surface area contributed by atoms with Crippen molar-refractivity contribution in [2.75, 3.05) is 5.32 Å². The summed E-state index contributed by atoms with van der Waals surface area (Å²) in [4.78, 5) is 12.3. The van der Waals surface area contributed by atoms with E-state index in [2.05, 4.69) is 5.32 Å². The Bertz CT molecular complexity index is 547. The number of thiophene rings is 1. The van der Waals surface area contributed by atoms with Crippen LogP contribution in [0.25, 0.3) is 0 Å². The lowest BCUT2D eigenvalue weighted by atomic mass is 10.1. The Morgan fingerprint density at radius 2 is 2.00 bits per heavy atom. The SMILES string of the molecule is NC(=S)Cc1ccc(NC(=O)c2ccsc2)cc1. The predicted octanol–water partition coefficient (Wildman–Crippen LogP) is 2.83. The summed E-state index contributed by atoms with van der Waals surface area (Å²) >= 11 is 6.34. The largest absolute Gasteiger partial charge is 0.393 e. The van der Waals surface area contributed by atoms with Gasteiger partial charge >= 0.3 is 0 Å². The van der Waals surface area contributed by atoms with Crippen molar-refractivity contribution in [2.45, 2.75) is 6.42 Å². The number of hydrogen-bond acceptors (Lipinski definition) is 3.